The molecule has 0 amide bonds. The van der Waals surface area contributed by atoms with E-state index in [9.17, 15) is 19.8 Å². The third-order valence-corrected chi connectivity index (χ3v) is 9.80. The Morgan fingerprint density at radius 3 is 2.57 bits per heavy atom. The summed E-state index contributed by atoms with van der Waals surface area (Å²) in [6.45, 7) is 4.51. The van der Waals surface area contributed by atoms with E-state index in [0.717, 1.165) is 44.1 Å². The van der Waals surface area contributed by atoms with Crippen molar-refractivity contribution >= 4 is 11.8 Å². The van der Waals surface area contributed by atoms with Gasteiger partial charge in [0.15, 0.2) is 0 Å². The lowest BCUT2D eigenvalue weighted by atomic mass is 9.43. The van der Waals surface area contributed by atoms with Crippen LogP contribution in [0.2, 0.25) is 0 Å². The van der Waals surface area contributed by atoms with Crippen LogP contribution in [0, 0.1) is 34.5 Å². The molecule has 2 unspecified atom stereocenters. The summed E-state index contributed by atoms with van der Waals surface area (Å²) in [7, 11) is 0. The first-order valence-corrected chi connectivity index (χ1v) is 11.0. The van der Waals surface area contributed by atoms with Crippen LogP contribution in [0.3, 0.4) is 0 Å². The van der Waals surface area contributed by atoms with Crippen molar-refractivity contribution in [3.05, 3.63) is 11.6 Å². The number of fused-ring (bicyclic) bond motifs is 5. The zero-order chi connectivity index (χ0) is 19.9. The van der Waals surface area contributed by atoms with Gasteiger partial charge in [0.1, 0.15) is 12.4 Å². The number of carbonyl (C=O) groups excluding carboxylic acids is 2. The Hall–Kier alpha value is -1.20. The molecule has 5 heteroatoms. The molecule has 1 heterocycles. The van der Waals surface area contributed by atoms with Gasteiger partial charge in [0.25, 0.3) is 0 Å². The van der Waals surface area contributed by atoms with E-state index in [-0.39, 0.29) is 47.6 Å². The van der Waals surface area contributed by atoms with Crippen LogP contribution in [0.4, 0.5) is 0 Å². The van der Waals surface area contributed by atoms with E-state index in [1.54, 1.807) is 6.08 Å². The maximum absolute atomic E-state index is 13.6. The molecule has 0 saturated heterocycles. The molecule has 5 rings (SSSR count). The molecule has 4 fully saturated rings. The summed E-state index contributed by atoms with van der Waals surface area (Å²) in [5.74, 6) is 0.486. The van der Waals surface area contributed by atoms with Gasteiger partial charge in [0.2, 0.25) is 0 Å². The number of cyclic esters (lactones) is 1. The molecule has 28 heavy (non-hydrogen) atoms. The monoisotopic (exact) mass is 388 g/mol. The normalized spacial score (nSPS) is 53.1. The molecule has 2 N–H and O–H groups in total. The van der Waals surface area contributed by atoms with E-state index in [0.29, 0.717) is 18.8 Å². The summed E-state index contributed by atoms with van der Waals surface area (Å²) in [4.78, 5) is 25.2. The highest BCUT2D eigenvalue weighted by Gasteiger charge is 2.71. The number of ether oxygens (including phenoxy) is 1. The van der Waals surface area contributed by atoms with Crippen LogP contribution in [0.1, 0.15) is 65.2 Å². The molecule has 5 aliphatic rings. The van der Waals surface area contributed by atoms with Crippen molar-refractivity contribution in [2.75, 3.05) is 6.61 Å². The first-order valence-electron chi connectivity index (χ1n) is 11.0. The van der Waals surface area contributed by atoms with Gasteiger partial charge in [-0.25, -0.2) is 4.79 Å². The minimum Gasteiger partial charge on any atom is -0.458 e. The molecule has 0 radical (unpaired) electrons. The first kappa shape index (κ1) is 18.8. The fourth-order valence-corrected chi connectivity index (χ4v) is 8.10. The lowest BCUT2D eigenvalue weighted by Gasteiger charge is -2.62. The molecule has 4 saturated carbocycles. The predicted molar refractivity (Wildman–Crippen MR) is 102 cm³/mol. The van der Waals surface area contributed by atoms with E-state index in [1.807, 2.05) is 6.92 Å². The van der Waals surface area contributed by atoms with Gasteiger partial charge in [-0.1, -0.05) is 6.92 Å². The number of aliphatic hydroxyl groups excluding tert-OH is 1. The molecule has 0 bridgehead atoms. The predicted octanol–water partition coefficient (Wildman–Crippen LogP) is 2.78. The average Bonchev–Trinajstić information content (AvgIpc) is 3.19. The van der Waals surface area contributed by atoms with Crippen LogP contribution in [0.15, 0.2) is 11.6 Å². The van der Waals surface area contributed by atoms with Crippen molar-refractivity contribution in [2.24, 2.45) is 34.5 Å². The minimum atomic E-state index is -1.01. The van der Waals surface area contributed by atoms with Crippen molar-refractivity contribution in [1.82, 2.24) is 0 Å². The maximum atomic E-state index is 13.6. The average molecular weight is 389 g/mol. The van der Waals surface area contributed by atoms with Crippen molar-refractivity contribution in [2.45, 2.75) is 76.9 Å². The van der Waals surface area contributed by atoms with E-state index >= 15 is 0 Å². The molecule has 0 spiro atoms. The smallest absolute Gasteiger partial charge is 0.331 e. The molecule has 1 aliphatic heterocycles. The van der Waals surface area contributed by atoms with Crippen molar-refractivity contribution < 1.29 is 24.5 Å². The highest BCUT2D eigenvalue weighted by Crippen LogP contribution is 2.68. The van der Waals surface area contributed by atoms with Crippen molar-refractivity contribution in [1.29, 1.82) is 0 Å². The van der Waals surface area contributed by atoms with E-state index < -0.39 is 11.0 Å². The summed E-state index contributed by atoms with van der Waals surface area (Å²) in [5, 5.41) is 22.2. The first-order chi connectivity index (χ1) is 13.2. The molecular weight excluding hydrogens is 356 g/mol. The van der Waals surface area contributed by atoms with Gasteiger partial charge in [-0.15, -0.1) is 0 Å². The van der Waals surface area contributed by atoms with Crippen LogP contribution >= 0.6 is 0 Å². The summed E-state index contributed by atoms with van der Waals surface area (Å²) < 4.78 is 5.13. The molecule has 0 aromatic carbocycles. The number of rotatable bonds is 1. The second-order valence-electron chi connectivity index (χ2n) is 10.6. The quantitative estimate of drug-likeness (QED) is 0.675. The molecule has 5 nitrogen and oxygen atoms in total. The van der Waals surface area contributed by atoms with Gasteiger partial charge < -0.3 is 14.9 Å². The number of carbonyl (C=O) groups is 2. The van der Waals surface area contributed by atoms with Crippen molar-refractivity contribution in [3.8, 4) is 0 Å². The summed E-state index contributed by atoms with van der Waals surface area (Å²) in [6, 6.07) is 0. The Morgan fingerprint density at radius 1 is 1.07 bits per heavy atom. The van der Waals surface area contributed by atoms with E-state index in [2.05, 4.69) is 6.92 Å². The second kappa shape index (κ2) is 5.91. The van der Waals surface area contributed by atoms with E-state index in [1.165, 1.54) is 0 Å². The van der Waals surface area contributed by atoms with Crippen LogP contribution < -0.4 is 0 Å². The fraction of sp³-hybridized carbons (Fsp3) is 0.826. The zero-order valence-corrected chi connectivity index (χ0v) is 16.9. The van der Waals surface area contributed by atoms with Gasteiger partial charge >= 0.3 is 5.97 Å². The number of ketones is 1. The zero-order valence-electron chi connectivity index (χ0n) is 16.9. The van der Waals surface area contributed by atoms with Crippen LogP contribution in [-0.2, 0) is 14.3 Å². The topological polar surface area (TPSA) is 83.8 Å². The Morgan fingerprint density at radius 2 is 1.86 bits per heavy atom. The third-order valence-electron chi connectivity index (χ3n) is 9.80. The molecular formula is C23H32O5. The highest BCUT2D eigenvalue weighted by atomic mass is 16.5. The molecule has 0 aromatic heterocycles. The Balaban J connectivity index is 1.52. The maximum Gasteiger partial charge on any atom is 0.331 e. The minimum absolute atomic E-state index is 0.0264. The second-order valence-corrected chi connectivity index (χ2v) is 10.6. The lowest BCUT2D eigenvalue weighted by molar-refractivity contribution is -0.205. The standard InChI is InChI=1S/C23H32O5/c1-21-7-5-15(24)10-14(21)3-4-17-18(21)11-19(25)22(2)16(6-8-23(17,22)27)13-9-20(26)28-12-13/h9,14-18,24,27H,3-8,10-12H2,1-2H3/t14-,15+,16-,17?,18?,21+,22+,23+/m1/s1. The van der Waals surface area contributed by atoms with Gasteiger partial charge in [-0.3, -0.25) is 4.79 Å². The number of esters is 1. The number of Topliss-reactive ketones (excluding diaryl/α,β-unsaturated/α-hetero) is 1. The summed E-state index contributed by atoms with van der Waals surface area (Å²) in [5.41, 5.74) is -0.922. The molecule has 154 valence electrons. The Bertz CT molecular complexity index is 758. The molecule has 8 atom stereocenters. The van der Waals surface area contributed by atoms with Crippen LogP contribution in [0.25, 0.3) is 0 Å². The van der Waals surface area contributed by atoms with Crippen molar-refractivity contribution in [3.63, 3.8) is 0 Å². The summed E-state index contributed by atoms with van der Waals surface area (Å²) in [6.07, 6.45) is 7.73. The van der Waals surface area contributed by atoms with Gasteiger partial charge in [0.05, 0.1) is 17.1 Å². The largest absolute Gasteiger partial charge is 0.458 e. The third kappa shape index (κ3) is 2.21. The summed E-state index contributed by atoms with van der Waals surface area (Å²) >= 11 is 0. The van der Waals surface area contributed by atoms with Gasteiger partial charge in [0, 0.05) is 12.5 Å². The number of hydrogen-bond donors (Lipinski definition) is 2. The van der Waals surface area contributed by atoms with Crippen LogP contribution in [-0.4, -0.2) is 40.3 Å². The highest BCUT2D eigenvalue weighted by molar-refractivity contribution is 5.90. The Kier molecular flexibility index (Phi) is 3.97. The van der Waals surface area contributed by atoms with E-state index in [4.69, 9.17) is 4.74 Å². The fourth-order valence-electron chi connectivity index (χ4n) is 8.10. The number of aliphatic hydroxyl groups is 2. The lowest BCUT2D eigenvalue weighted by Crippen LogP contribution is -2.65. The SMILES string of the molecule is C[C@]12CC[C@H](O)C[C@H]1CCC1C2CC(=O)[C@]2(C)[C@@H](C3=CC(=O)OC3)CC[C@]12O. The van der Waals surface area contributed by atoms with Crippen LogP contribution in [0.5, 0.6) is 0 Å². The van der Waals surface area contributed by atoms with Gasteiger partial charge in [-0.05, 0) is 86.5 Å². The molecule has 4 aliphatic carbocycles. The Labute approximate surface area is 166 Å². The van der Waals surface area contributed by atoms with Gasteiger partial charge in [-0.2, -0.15) is 0 Å². The molecule has 0 aromatic rings. The number of hydrogen-bond acceptors (Lipinski definition) is 5.